The van der Waals surface area contributed by atoms with E-state index in [-0.39, 0.29) is 0 Å². The topological polar surface area (TPSA) is 63.6 Å². The van der Waals surface area contributed by atoms with Crippen LogP contribution in [0.3, 0.4) is 0 Å². The molecule has 1 atom stereocenters. The highest BCUT2D eigenvalue weighted by molar-refractivity contribution is 7.86. The van der Waals surface area contributed by atoms with Crippen LogP contribution in [0.4, 0.5) is 0 Å². The number of allylic oxidation sites excluding steroid dienone is 2. The van der Waals surface area contributed by atoms with Crippen molar-refractivity contribution in [2.24, 2.45) is 0 Å². The zero-order chi connectivity index (χ0) is 7.61. The highest BCUT2D eigenvalue weighted by Gasteiger charge is 2.20. The zero-order valence-corrected chi connectivity index (χ0v) is 5.78. The van der Waals surface area contributed by atoms with Crippen LogP contribution in [0.1, 0.15) is 0 Å². The second-order valence-corrected chi connectivity index (χ2v) is 3.23. The van der Waals surface area contributed by atoms with Gasteiger partial charge in [0.1, 0.15) is 0 Å². The first-order valence-corrected chi connectivity index (χ1v) is 4.06. The molecule has 0 aromatic carbocycles. The van der Waals surface area contributed by atoms with Gasteiger partial charge < -0.3 is 4.74 Å². The Kier molecular flexibility index (Phi) is 1.78. The molecule has 1 heterocycles. The summed E-state index contributed by atoms with van der Waals surface area (Å²) >= 11 is 0. The summed E-state index contributed by atoms with van der Waals surface area (Å²) in [7, 11) is -4.09. The molecule has 5 heteroatoms. The number of rotatable bonds is 1. The van der Waals surface area contributed by atoms with E-state index in [1.165, 1.54) is 24.5 Å². The fourth-order valence-corrected chi connectivity index (χ4v) is 1.03. The monoisotopic (exact) mass is 162 g/mol. The van der Waals surface area contributed by atoms with Crippen molar-refractivity contribution in [3.8, 4) is 0 Å². The van der Waals surface area contributed by atoms with Crippen molar-refractivity contribution >= 4 is 10.1 Å². The first kappa shape index (κ1) is 7.30. The van der Waals surface area contributed by atoms with Gasteiger partial charge in [0.05, 0.1) is 6.26 Å². The Morgan fingerprint density at radius 3 is 2.40 bits per heavy atom. The predicted molar refractivity (Wildman–Crippen MR) is 34.7 cm³/mol. The SMILES string of the molecule is O=S(=O)(O)C1C=CC=CO1. The second kappa shape index (κ2) is 2.43. The van der Waals surface area contributed by atoms with E-state index in [2.05, 4.69) is 4.74 Å². The maximum Gasteiger partial charge on any atom is 0.307 e. The van der Waals surface area contributed by atoms with Crippen LogP contribution in [0.15, 0.2) is 24.5 Å². The summed E-state index contributed by atoms with van der Waals surface area (Å²) in [6.45, 7) is 0. The van der Waals surface area contributed by atoms with Crippen LogP contribution in [0.2, 0.25) is 0 Å². The summed E-state index contributed by atoms with van der Waals surface area (Å²) in [5, 5.41) is 0. The van der Waals surface area contributed by atoms with Crippen molar-refractivity contribution in [2.45, 2.75) is 5.44 Å². The lowest BCUT2D eigenvalue weighted by molar-refractivity contribution is 0.232. The van der Waals surface area contributed by atoms with Crippen molar-refractivity contribution in [2.75, 3.05) is 0 Å². The van der Waals surface area contributed by atoms with Gasteiger partial charge in [-0.25, -0.2) is 0 Å². The Balaban J connectivity index is 2.79. The molecule has 1 aliphatic heterocycles. The fraction of sp³-hybridized carbons (Fsp3) is 0.200. The molecule has 0 saturated heterocycles. The lowest BCUT2D eigenvalue weighted by Crippen LogP contribution is -2.20. The van der Waals surface area contributed by atoms with Gasteiger partial charge in [-0.15, -0.1) is 0 Å². The summed E-state index contributed by atoms with van der Waals surface area (Å²) in [4.78, 5) is 0. The average Bonchev–Trinajstić information content (AvgIpc) is 1.88. The maximum absolute atomic E-state index is 10.3. The molecule has 0 amide bonds. The maximum atomic E-state index is 10.3. The summed E-state index contributed by atoms with van der Waals surface area (Å²) < 4.78 is 33.6. The largest absolute Gasteiger partial charge is 0.475 e. The van der Waals surface area contributed by atoms with Gasteiger partial charge in [-0.3, -0.25) is 4.55 Å². The molecule has 0 bridgehead atoms. The van der Waals surface area contributed by atoms with Crippen LogP contribution >= 0.6 is 0 Å². The molecule has 0 aromatic rings. The molecule has 0 aliphatic carbocycles. The van der Waals surface area contributed by atoms with Crippen LogP contribution in [0.25, 0.3) is 0 Å². The fourth-order valence-electron chi connectivity index (χ4n) is 0.538. The third-order valence-electron chi connectivity index (χ3n) is 0.964. The number of hydrogen-bond acceptors (Lipinski definition) is 3. The summed E-state index contributed by atoms with van der Waals surface area (Å²) in [6.07, 6.45) is 5.47. The second-order valence-electron chi connectivity index (χ2n) is 1.73. The van der Waals surface area contributed by atoms with Gasteiger partial charge in [0, 0.05) is 0 Å². The molecule has 0 fully saturated rings. The third-order valence-corrected chi connectivity index (χ3v) is 1.82. The molecule has 0 spiro atoms. The van der Waals surface area contributed by atoms with Crippen molar-refractivity contribution in [3.05, 3.63) is 24.5 Å². The molecular formula is C5H6O4S. The van der Waals surface area contributed by atoms with Crippen LogP contribution in [-0.2, 0) is 14.9 Å². The predicted octanol–water partition coefficient (Wildman–Crippen LogP) is 0.300. The Morgan fingerprint density at radius 2 is 2.10 bits per heavy atom. The molecule has 0 radical (unpaired) electrons. The van der Waals surface area contributed by atoms with Crippen LogP contribution in [0, 0.1) is 0 Å². The molecule has 4 nitrogen and oxygen atoms in total. The standard InChI is InChI=1S/C5H6O4S/c6-10(7,8)5-3-1-2-4-9-5/h1-5H,(H,6,7,8). The molecule has 1 N–H and O–H groups in total. The van der Waals surface area contributed by atoms with Crippen molar-refractivity contribution < 1.29 is 17.7 Å². The normalized spacial score (nSPS) is 24.3. The Hall–Kier alpha value is -0.810. The van der Waals surface area contributed by atoms with E-state index in [0.717, 1.165) is 0 Å². The highest BCUT2D eigenvalue weighted by Crippen LogP contribution is 2.07. The van der Waals surface area contributed by atoms with E-state index < -0.39 is 15.6 Å². The number of ether oxygens (including phenoxy) is 1. The Labute approximate surface area is 58.6 Å². The third kappa shape index (κ3) is 1.58. The zero-order valence-electron chi connectivity index (χ0n) is 4.97. The van der Waals surface area contributed by atoms with Gasteiger partial charge in [0.25, 0.3) is 0 Å². The highest BCUT2D eigenvalue weighted by atomic mass is 32.2. The van der Waals surface area contributed by atoms with Gasteiger partial charge in [0.2, 0.25) is 5.44 Å². The van der Waals surface area contributed by atoms with Crippen molar-refractivity contribution in [1.82, 2.24) is 0 Å². The summed E-state index contributed by atoms with van der Waals surface area (Å²) in [5.41, 5.74) is -1.24. The molecule has 1 rings (SSSR count). The van der Waals surface area contributed by atoms with Crippen molar-refractivity contribution in [3.63, 3.8) is 0 Å². The van der Waals surface area contributed by atoms with E-state index in [1.54, 1.807) is 0 Å². The Bertz CT molecular complexity index is 261. The van der Waals surface area contributed by atoms with Gasteiger partial charge >= 0.3 is 10.1 Å². The van der Waals surface area contributed by atoms with Crippen LogP contribution in [0.5, 0.6) is 0 Å². The first-order valence-electron chi connectivity index (χ1n) is 2.56. The van der Waals surface area contributed by atoms with Crippen LogP contribution < -0.4 is 0 Å². The number of hydrogen-bond donors (Lipinski definition) is 1. The quantitative estimate of drug-likeness (QED) is 0.563. The molecular weight excluding hydrogens is 156 g/mol. The van der Waals surface area contributed by atoms with E-state index in [9.17, 15) is 8.42 Å². The molecule has 1 unspecified atom stereocenters. The lowest BCUT2D eigenvalue weighted by atomic mass is 10.4. The van der Waals surface area contributed by atoms with E-state index in [0.29, 0.717) is 0 Å². The minimum atomic E-state index is -4.09. The smallest absolute Gasteiger partial charge is 0.307 e. The van der Waals surface area contributed by atoms with Gasteiger partial charge in [-0.05, 0) is 12.2 Å². The van der Waals surface area contributed by atoms with Gasteiger partial charge in [0.15, 0.2) is 0 Å². The minimum Gasteiger partial charge on any atom is -0.475 e. The average molecular weight is 162 g/mol. The van der Waals surface area contributed by atoms with E-state index in [4.69, 9.17) is 4.55 Å². The van der Waals surface area contributed by atoms with Crippen molar-refractivity contribution in [1.29, 1.82) is 0 Å². The first-order chi connectivity index (χ1) is 4.61. The molecule has 0 saturated carbocycles. The molecule has 1 aliphatic rings. The lowest BCUT2D eigenvalue weighted by Gasteiger charge is -2.10. The van der Waals surface area contributed by atoms with Crippen LogP contribution in [-0.4, -0.2) is 18.4 Å². The van der Waals surface area contributed by atoms with Gasteiger partial charge in [-0.2, -0.15) is 8.42 Å². The van der Waals surface area contributed by atoms with E-state index >= 15 is 0 Å². The minimum absolute atomic E-state index is 1.21. The summed E-state index contributed by atoms with van der Waals surface area (Å²) in [5.74, 6) is 0. The summed E-state index contributed by atoms with van der Waals surface area (Å²) in [6, 6.07) is 0. The molecule has 0 aromatic heterocycles. The van der Waals surface area contributed by atoms with E-state index in [1.807, 2.05) is 0 Å². The molecule has 56 valence electrons. The van der Waals surface area contributed by atoms with Gasteiger partial charge in [-0.1, -0.05) is 6.08 Å². The molecule has 10 heavy (non-hydrogen) atoms. The Morgan fingerprint density at radius 1 is 1.40 bits per heavy atom.